The molecule has 2 N–H and O–H groups in total. The Morgan fingerprint density at radius 3 is 2.80 bits per heavy atom. The van der Waals surface area contributed by atoms with E-state index < -0.39 is 9.84 Å². The molecule has 0 amide bonds. The highest BCUT2D eigenvalue weighted by Gasteiger charge is 2.37. The molecule has 1 heterocycles. The Bertz CT molecular complexity index is 585. The van der Waals surface area contributed by atoms with Gasteiger partial charge in [-0.15, -0.1) is 0 Å². The average Bonchev–Trinajstić information content (AvgIpc) is 2.66. The van der Waals surface area contributed by atoms with Gasteiger partial charge >= 0.3 is 0 Å². The highest BCUT2D eigenvalue weighted by molar-refractivity contribution is 7.91. The molecule has 1 aromatic rings. The van der Waals surface area contributed by atoms with Crippen molar-refractivity contribution < 1.29 is 18.3 Å². The van der Waals surface area contributed by atoms with E-state index in [-0.39, 0.29) is 22.8 Å². The first-order chi connectivity index (χ1) is 9.34. The first-order valence-corrected chi connectivity index (χ1v) is 8.56. The molecule has 112 valence electrons. The molecular weight excluding hydrogens is 278 g/mol. The zero-order chi connectivity index (χ0) is 14.8. The van der Waals surface area contributed by atoms with Gasteiger partial charge in [-0.05, 0) is 38.0 Å². The van der Waals surface area contributed by atoms with Crippen LogP contribution >= 0.6 is 0 Å². The minimum Gasteiger partial charge on any atom is -0.504 e. The summed E-state index contributed by atoms with van der Waals surface area (Å²) in [6.07, 6.45) is 0.631. The maximum absolute atomic E-state index is 11.5. The number of hydrogen-bond donors (Lipinski definition) is 2. The highest BCUT2D eigenvalue weighted by Crippen LogP contribution is 2.28. The first kappa shape index (κ1) is 15.1. The van der Waals surface area contributed by atoms with E-state index in [2.05, 4.69) is 5.32 Å². The number of rotatable bonds is 5. The second-order valence-electron chi connectivity index (χ2n) is 5.49. The van der Waals surface area contributed by atoms with Crippen molar-refractivity contribution in [2.24, 2.45) is 0 Å². The molecule has 0 aromatic heterocycles. The molecule has 0 radical (unpaired) electrons. The second kappa shape index (κ2) is 5.61. The van der Waals surface area contributed by atoms with Crippen LogP contribution in [-0.4, -0.2) is 37.2 Å². The predicted molar refractivity (Wildman–Crippen MR) is 77.8 cm³/mol. The third-order valence-corrected chi connectivity index (χ3v) is 5.45. The van der Waals surface area contributed by atoms with E-state index in [4.69, 9.17) is 4.74 Å². The fourth-order valence-corrected chi connectivity index (χ4v) is 4.53. The fourth-order valence-electron chi connectivity index (χ4n) is 2.40. The zero-order valence-electron chi connectivity index (χ0n) is 11.8. The predicted octanol–water partition coefficient (Wildman–Crippen LogP) is 1.46. The van der Waals surface area contributed by atoms with Crippen LogP contribution in [0.5, 0.6) is 11.5 Å². The second-order valence-corrected chi connectivity index (χ2v) is 7.68. The molecule has 5 nitrogen and oxygen atoms in total. The summed E-state index contributed by atoms with van der Waals surface area (Å²) in [5.74, 6) is 0.994. The Morgan fingerprint density at radius 1 is 1.45 bits per heavy atom. The largest absolute Gasteiger partial charge is 0.504 e. The number of phenolic OH excluding ortho intramolecular Hbond substituents is 1. The van der Waals surface area contributed by atoms with Crippen LogP contribution in [0.15, 0.2) is 18.2 Å². The molecule has 1 atom stereocenters. The van der Waals surface area contributed by atoms with Gasteiger partial charge in [0.15, 0.2) is 21.3 Å². The van der Waals surface area contributed by atoms with E-state index in [1.807, 2.05) is 13.8 Å². The zero-order valence-corrected chi connectivity index (χ0v) is 12.7. The quantitative estimate of drug-likeness (QED) is 0.861. The number of phenols is 1. The number of sulfone groups is 1. The number of hydrogen-bond acceptors (Lipinski definition) is 5. The monoisotopic (exact) mass is 299 g/mol. The molecule has 0 aliphatic carbocycles. The number of nitrogens with one attached hydrogen (secondary N) is 1. The van der Waals surface area contributed by atoms with Crippen molar-refractivity contribution in [2.75, 3.05) is 18.1 Å². The lowest BCUT2D eigenvalue weighted by Gasteiger charge is -2.24. The summed E-state index contributed by atoms with van der Waals surface area (Å²) in [7, 11) is -2.91. The van der Waals surface area contributed by atoms with Gasteiger partial charge in [-0.3, -0.25) is 0 Å². The van der Waals surface area contributed by atoms with Gasteiger partial charge in [-0.1, -0.05) is 6.07 Å². The topological polar surface area (TPSA) is 75.6 Å². The SMILES string of the molecule is CCOc1cc(CNC2(C)CCS(=O)(=O)C2)ccc1O. The van der Waals surface area contributed by atoms with Crippen molar-refractivity contribution in [2.45, 2.75) is 32.4 Å². The Morgan fingerprint density at radius 2 is 2.20 bits per heavy atom. The van der Waals surface area contributed by atoms with Gasteiger partial charge in [0, 0.05) is 12.1 Å². The number of aromatic hydroxyl groups is 1. The maximum Gasteiger partial charge on any atom is 0.161 e. The van der Waals surface area contributed by atoms with E-state index in [9.17, 15) is 13.5 Å². The summed E-state index contributed by atoms with van der Waals surface area (Å²) >= 11 is 0. The molecule has 1 aromatic carbocycles. The van der Waals surface area contributed by atoms with E-state index in [0.717, 1.165) is 5.56 Å². The number of benzene rings is 1. The van der Waals surface area contributed by atoms with Crippen LogP contribution in [0, 0.1) is 0 Å². The Labute approximate surface area is 119 Å². The summed E-state index contributed by atoms with van der Waals surface area (Å²) in [4.78, 5) is 0. The van der Waals surface area contributed by atoms with Gasteiger partial charge in [0.25, 0.3) is 0 Å². The number of ether oxygens (including phenoxy) is 1. The van der Waals surface area contributed by atoms with Crippen molar-refractivity contribution in [3.05, 3.63) is 23.8 Å². The fraction of sp³-hybridized carbons (Fsp3) is 0.571. The molecule has 0 bridgehead atoms. The molecular formula is C14H21NO4S. The normalized spacial score (nSPS) is 24.7. The summed E-state index contributed by atoms with van der Waals surface area (Å²) in [6, 6.07) is 5.17. The molecule has 0 saturated carbocycles. The van der Waals surface area contributed by atoms with Gasteiger partial charge < -0.3 is 15.2 Å². The van der Waals surface area contributed by atoms with E-state index in [1.54, 1.807) is 18.2 Å². The van der Waals surface area contributed by atoms with Crippen LogP contribution in [0.3, 0.4) is 0 Å². The third-order valence-electron chi connectivity index (χ3n) is 3.55. The van der Waals surface area contributed by atoms with Crippen LogP contribution < -0.4 is 10.1 Å². The summed E-state index contributed by atoms with van der Waals surface area (Å²) < 4.78 is 28.4. The van der Waals surface area contributed by atoms with Gasteiger partial charge in [0.2, 0.25) is 0 Å². The lowest BCUT2D eigenvalue weighted by atomic mass is 10.0. The van der Waals surface area contributed by atoms with Gasteiger partial charge in [0.05, 0.1) is 18.1 Å². The van der Waals surface area contributed by atoms with Crippen LogP contribution in [0.2, 0.25) is 0 Å². The van der Waals surface area contributed by atoms with Crippen LogP contribution in [0.25, 0.3) is 0 Å². The Kier molecular flexibility index (Phi) is 4.25. The van der Waals surface area contributed by atoms with Crippen molar-refractivity contribution in [3.8, 4) is 11.5 Å². The van der Waals surface area contributed by atoms with Gasteiger partial charge in [-0.25, -0.2) is 8.42 Å². The molecule has 6 heteroatoms. The minimum absolute atomic E-state index is 0.116. The first-order valence-electron chi connectivity index (χ1n) is 6.74. The van der Waals surface area contributed by atoms with Crippen LogP contribution in [0.1, 0.15) is 25.8 Å². The van der Waals surface area contributed by atoms with Crippen molar-refractivity contribution in [1.82, 2.24) is 5.32 Å². The van der Waals surface area contributed by atoms with Gasteiger partial charge in [-0.2, -0.15) is 0 Å². The molecule has 0 spiro atoms. The van der Waals surface area contributed by atoms with E-state index in [0.29, 0.717) is 25.3 Å². The van der Waals surface area contributed by atoms with Crippen LogP contribution in [0.4, 0.5) is 0 Å². The molecule has 1 aliphatic heterocycles. The van der Waals surface area contributed by atoms with Gasteiger partial charge in [0.1, 0.15) is 0 Å². The summed E-state index contributed by atoms with van der Waals surface area (Å²) in [6.45, 7) is 4.82. The smallest absolute Gasteiger partial charge is 0.161 e. The Hall–Kier alpha value is -1.27. The highest BCUT2D eigenvalue weighted by atomic mass is 32.2. The van der Waals surface area contributed by atoms with Crippen LogP contribution in [-0.2, 0) is 16.4 Å². The molecule has 1 saturated heterocycles. The maximum atomic E-state index is 11.5. The lowest BCUT2D eigenvalue weighted by molar-refractivity contribution is 0.317. The summed E-state index contributed by atoms with van der Waals surface area (Å²) in [5, 5.41) is 12.9. The average molecular weight is 299 g/mol. The third kappa shape index (κ3) is 3.64. The van der Waals surface area contributed by atoms with E-state index >= 15 is 0 Å². The molecule has 2 rings (SSSR count). The molecule has 1 aliphatic rings. The summed E-state index contributed by atoms with van der Waals surface area (Å²) in [5.41, 5.74) is 0.583. The lowest BCUT2D eigenvalue weighted by Crippen LogP contribution is -2.42. The molecule has 1 unspecified atom stereocenters. The Balaban J connectivity index is 2.02. The van der Waals surface area contributed by atoms with E-state index in [1.165, 1.54) is 0 Å². The standard InChI is InChI=1S/C14H21NO4S/c1-3-19-13-8-11(4-5-12(13)16)9-15-14(2)6-7-20(17,18)10-14/h4-5,8,15-16H,3,6-7,9-10H2,1-2H3. The van der Waals surface area contributed by atoms with Crippen molar-refractivity contribution in [3.63, 3.8) is 0 Å². The van der Waals surface area contributed by atoms with Crippen molar-refractivity contribution in [1.29, 1.82) is 0 Å². The van der Waals surface area contributed by atoms with Crippen molar-refractivity contribution >= 4 is 9.84 Å². The molecule has 1 fully saturated rings. The minimum atomic E-state index is -2.91. The molecule has 20 heavy (non-hydrogen) atoms.